The summed E-state index contributed by atoms with van der Waals surface area (Å²) in [5.41, 5.74) is 1.25. The molecule has 1 atom stereocenters. The molecule has 4 heteroatoms. The molecule has 0 bridgehead atoms. The molecular weight excluding hydrogens is 306 g/mol. The van der Waals surface area contributed by atoms with Gasteiger partial charge in [0.05, 0.1) is 0 Å². The van der Waals surface area contributed by atoms with E-state index in [1.165, 1.54) is 5.56 Å². The molecule has 1 nitrogen and oxygen atoms in total. The number of hydrogen-bond donors (Lipinski definition) is 1. The topological polar surface area (TPSA) is 12.0 Å². The van der Waals surface area contributed by atoms with Crippen LogP contribution in [0, 0.1) is 0 Å². The number of halogens is 2. The van der Waals surface area contributed by atoms with Crippen molar-refractivity contribution in [1.29, 1.82) is 0 Å². The third-order valence-corrected chi connectivity index (χ3v) is 4.17. The van der Waals surface area contributed by atoms with Gasteiger partial charge in [0.25, 0.3) is 0 Å². The van der Waals surface area contributed by atoms with Crippen LogP contribution in [0.2, 0.25) is 5.02 Å². The van der Waals surface area contributed by atoms with Gasteiger partial charge in [0.15, 0.2) is 0 Å². The fourth-order valence-electron chi connectivity index (χ4n) is 1.44. The van der Waals surface area contributed by atoms with Crippen molar-refractivity contribution in [2.45, 2.75) is 25.9 Å². The largest absolute Gasteiger partial charge is 0.309 e. The molecule has 16 heavy (non-hydrogen) atoms. The Bertz CT molecular complexity index is 333. The summed E-state index contributed by atoms with van der Waals surface area (Å²) in [6, 6.07) is 6.51. The van der Waals surface area contributed by atoms with Gasteiger partial charge in [0.2, 0.25) is 0 Å². The Morgan fingerprint density at radius 1 is 1.50 bits per heavy atom. The Morgan fingerprint density at radius 2 is 2.25 bits per heavy atom. The monoisotopic (exact) mass is 321 g/mol. The molecule has 1 rings (SSSR count). The maximum absolute atomic E-state index is 5.90. The number of nitrogens with one attached hydrogen (secondary N) is 1. The quantitative estimate of drug-likeness (QED) is 0.836. The molecule has 0 heterocycles. The van der Waals surface area contributed by atoms with Gasteiger partial charge in [-0.15, -0.1) is 0 Å². The maximum atomic E-state index is 5.90. The lowest BCUT2D eigenvalue weighted by Gasteiger charge is -2.16. The van der Waals surface area contributed by atoms with E-state index in [-0.39, 0.29) is 0 Å². The van der Waals surface area contributed by atoms with E-state index in [1.54, 1.807) is 0 Å². The fourth-order valence-corrected chi connectivity index (χ4v) is 3.02. The van der Waals surface area contributed by atoms with E-state index in [0.29, 0.717) is 6.04 Å². The molecular formula is C12H17BrClNS. The Kier molecular flexibility index (Phi) is 6.81. The number of rotatable bonds is 6. The standard InChI is InChI=1S/C12H17BrClNS/c1-3-11(8-16-2)15-7-9-4-5-10(14)6-12(9)13/h4-6,11,15H,3,7-8H2,1-2H3. The number of benzene rings is 1. The van der Waals surface area contributed by atoms with E-state index in [4.69, 9.17) is 11.6 Å². The molecule has 90 valence electrons. The lowest BCUT2D eigenvalue weighted by molar-refractivity contribution is 0.540. The van der Waals surface area contributed by atoms with Gasteiger partial charge >= 0.3 is 0 Å². The van der Waals surface area contributed by atoms with Crippen molar-refractivity contribution >= 4 is 39.3 Å². The minimum atomic E-state index is 0.581. The van der Waals surface area contributed by atoms with E-state index >= 15 is 0 Å². The Balaban J connectivity index is 2.53. The molecule has 1 unspecified atom stereocenters. The molecule has 0 aliphatic rings. The van der Waals surface area contributed by atoms with Crippen molar-refractivity contribution in [3.05, 3.63) is 33.3 Å². The van der Waals surface area contributed by atoms with Crippen LogP contribution >= 0.6 is 39.3 Å². The first-order chi connectivity index (χ1) is 7.67. The van der Waals surface area contributed by atoms with Crippen LogP contribution in [0.1, 0.15) is 18.9 Å². The molecule has 0 radical (unpaired) electrons. The second-order valence-electron chi connectivity index (χ2n) is 3.68. The highest BCUT2D eigenvalue weighted by Gasteiger charge is 2.06. The fraction of sp³-hybridized carbons (Fsp3) is 0.500. The van der Waals surface area contributed by atoms with Crippen LogP contribution in [0.4, 0.5) is 0 Å². The highest BCUT2D eigenvalue weighted by Crippen LogP contribution is 2.21. The van der Waals surface area contributed by atoms with Crippen molar-refractivity contribution < 1.29 is 0 Å². The maximum Gasteiger partial charge on any atom is 0.0417 e. The first kappa shape index (κ1) is 14.4. The molecule has 0 spiro atoms. The highest BCUT2D eigenvalue weighted by atomic mass is 79.9. The van der Waals surface area contributed by atoms with Crippen LogP contribution in [-0.4, -0.2) is 18.1 Å². The van der Waals surface area contributed by atoms with Crippen molar-refractivity contribution in [2.75, 3.05) is 12.0 Å². The normalized spacial score (nSPS) is 12.8. The van der Waals surface area contributed by atoms with Gasteiger partial charge in [-0.3, -0.25) is 0 Å². The van der Waals surface area contributed by atoms with Crippen molar-refractivity contribution in [3.63, 3.8) is 0 Å². The summed E-state index contributed by atoms with van der Waals surface area (Å²) < 4.78 is 1.08. The van der Waals surface area contributed by atoms with Crippen LogP contribution in [-0.2, 0) is 6.54 Å². The summed E-state index contributed by atoms with van der Waals surface area (Å²) in [6.07, 6.45) is 3.30. The Morgan fingerprint density at radius 3 is 2.81 bits per heavy atom. The van der Waals surface area contributed by atoms with Crippen molar-refractivity contribution in [2.24, 2.45) is 0 Å². The SMILES string of the molecule is CCC(CSC)NCc1ccc(Cl)cc1Br. The molecule has 1 aromatic rings. The molecule has 0 saturated carbocycles. The second-order valence-corrected chi connectivity index (χ2v) is 5.88. The Hall–Kier alpha value is 0.300. The molecule has 0 saturated heterocycles. The molecule has 0 fully saturated rings. The summed E-state index contributed by atoms with van der Waals surface area (Å²) in [5, 5.41) is 4.32. The van der Waals surface area contributed by atoms with E-state index in [9.17, 15) is 0 Å². The van der Waals surface area contributed by atoms with Gasteiger partial charge in [-0.2, -0.15) is 11.8 Å². The molecule has 0 amide bonds. The predicted molar refractivity (Wildman–Crippen MR) is 78.5 cm³/mol. The summed E-state index contributed by atoms with van der Waals surface area (Å²) in [6.45, 7) is 3.10. The zero-order chi connectivity index (χ0) is 12.0. The second kappa shape index (κ2) is 7.59. The number of hydrogen-bond acceptors (Lipinski definition) is 2. The zero-order valence-electron chi connectivity index (χ0n) is 9.59. The number of thioether (sulfide) groups is 1. The van der Waals surface area contributed by atoms with Gasteiger partial charge in [-0.05, 0) is 30.4 Å². The van der Waals surface area contributed by atoms with E-state index in [1.807, 2.05) is 23.9 Å². The average molecular weight is 323 g/mol. The average Bonchev–Trinajstić information content (AvgIpc) is 2.26. The van der Waals surface area contributed by atoms with Crippen molar-refractivity contribution in [1.82, 2.24) is 5.32 Å². The summed E-state index contributed by atoms with van der Waals surface area (Å²) in [7, 11) is 0. The minimum absolute atomic E-state index is 0.581. The van der Waals surface area contributed by atoms with E-state index in [2.05, 4.69) is 40.5 Å². The van der Waals surface area contributed by atoms with E-state index in [0.717, 1.165) is 28.2 Å². The van der Waals surface area contributed by atoms with Gasteiger partial charge < -0.3 is 5.32 Å². The third-order valence-electron chi connectivity index (χ3n) is 2.46. The lowest BCUT2D eigenvalue weighted by Crippen LogP contribution is -2.30. The molecule has 1 N–H and O–H groups in total. The van der Waals surface area contributed by atoms with Crippen LogP contribution in [0.3, 0.4) is 0 Å². The third kappa shape index (κ3) is 4.66. The van der Waals surface area contributed by atoms with Crippen LogP contribution in [0.5, 0.6) is 0 Å². The minimum Gasteiger partial charge on any atom is -0.309 e. The van der Waals surface area contributed by atoms with Crippen LogP contribution < -0.4 is 5.32 Å². The first-order valence-electron chi connectivity index (χ1n) is 5.33. The molecule has 0 aliphatic carbocycles. The van der Waals surface area contributed by atoms with Crippen LogP contribution in [0.25, 0.3) is 0 Å². The van der Waals surface area contributed by atoms with Gasteiger partial charge in [0, 0.05) is 27.8 Å². The summed E-state index contributed by atoms with van der Waals surface area (Å²) in [5.74, 6) is 1.15. The summed E-state index contributed by atoms with van der Waals surface area (Å²) >= 11 is 11.3. The van der Waals surface area contributed by atoms with Gasteiger partial charge in [-0.1, -0.05) is 40.5 Å². The Labute approximate surface area is 115 Å². The molecule has 0 aromatic heterocycles. The summed E-state index contributed by atoms with van der Waals surface area (Å²) in [4.78, 5) is 0. The first-order valence-corrected chi connectivity index (χ1v) is 7.90. The molecule has 1 aromatic carbocycles. The van der Waals surface area contributed by atoms with E-state index < -0.39 is 0 Å². The highest BCUT2D eigenvalue weighted by molar-refractivity contribution is 9.10. The van der Waals surface area contributed by atoms with Gasteiger partial charge in [-0.25, -0.2) is 0 Å². The van der Waals surface area contributed by atoms with Crippen molar-refractivity contribution in [3.8, 4) is 0 Å². The smallest absolute Gasteiger partial charge is 0.0417 e. The molecule has 0 aliphatic heterocycles. The van der Waals surface area contributed by atoms with Crippen LogP contribution in [0.15, 0.2) is 22.7 Å². The lowest BCUT2D eigenvalue weighted by atomic mass is 10.2. The zero-order valence-corrected chi connectivity index (χ0v) is 12.8. The van der Waals surface area contributed by atoms with Gasteiger partial charge in [0.1, 0.15) is 0 Å². The predicted octanol–water partition coefficient (Wildman–Crippen LogP) is 4.33.